The Labute approximate surface area is 62.5 Å². The number of hydrogen-bond donors (Lipinski definition) is 0. The molecule has 1 saturated heterocycles. The average Bonchev–Trinajstić information content (AvgIpc) is 1.88. The molecule has 0 aromatic rings. The van der Waals surface area contributed by atoms with Crippen LogP contribution >= 0.6 is 0 Å². The minimum Gasteiger partial charge on any atom is -0.353 e. The summed E-state index contributed by atoms with van der Waals surface area (Å²) in [5.74, 6) is 0.769. The van der Waals surface area contributed by atoms with Crippen molar-refractivity contribution < 1.29 is 9.47 Å². The van der Waals surface area contributed by atoms with E-state index >= 15 is 0 Å². The van der Waals surface area contributed by atoms with Crippen molar-refractivity contribution in [2.24, 2.45) is 5.92 Å². The average molecular weight is 144 g/mol. The molecule has 0 unspecified atom stereocenters. The molecule has 0 bridgehead atoms. The molecule has 0 aromatic carbocycles. The highest BCUT2D eigenvalue weighted by molar-refractivity contribution is 4.61. The first-order valence-electron chi connectivity index (χ1n) is 4.06. The molecule has 0 N–H and O–H groups in total. The lowest BCUT2D eigenvalue weighted by Gasteiger charge is -2.26. The Morgan fingerprint density at radius 3 is 3.00 bits per heavy atom. The van der Waals surface area contributed by atoms with Gasteiger partial charge in [-0.2, -0.15) is 0 Å². The predicted molar refractivity (Wildman–Crippen MR) is 39.8 cm³/mol. The van der Waals surface area contributed by atoms with E-state index in [4.69, 9.17) is 9.47 Å². The van der Waals surface area contributed by atoms with Crippen molar-refractivity contribution in [2.45, 2.75) is 33.0 Å². The molecule has 0 saturated carbocycles. The number of hydrogen-bond acceptors (Lipinski definition) is 2. The smallest absolute Gasteiger partial charge is 0.157 e. The van der Waals surface area contributed by atoms with Crippen molar-refractivity contribution in [2.75, 3.05) is 13.2 Å². The van der Waals surface area contributed by atoms with E-state index in [0.717, 1.165) is 25.6 Å². The Bertz CT molecular complexity index is 91.3. The van der Waals surface area contributed by atoms with Gasteiger partial charge in [0, 0.05) is 19.6 Å². The van der Waals surface area contributed by atoms with Gasteiger partial charge >= 0.3 is 0 Å². The molecule has 2 nitrogen and oxygen atoms in total. The van der Waals surface area contributed by atoms with Gasteiger partial charge < -0.3 is 9.47 Å². The van der Waals surface area contributed by atoms with Crippen molar-refractivity contribution in [3.05, 3.63) is 0 Å². The highest BCUT2D eigenvalue weighted by Gasteiger charge is 2.18. The summed E-state index contributed by atoms with van der Waals surface area (Å²) in [6.45, 7) is 5.88. The largest absolute Gasteiger partial charge is 0.353 e. The second kappa shape index (κ2) is 3.94. The fourth-order valence-corrected chi connectivity index (χ4v) is 1.22. The summed E-state index contributed by atoms with van der Waals surface area (Å²) in [5.41, 5.74) is 0. The molecule has 1 heterocycles. The van der Waals surface area contributed by atoms with Gasteiger partial charge in [-0.3, -0.25) is 0 Å². The summed E-state index contributed by atoms with van der Waals surface area (Å²) in [5, 5.41) is 0. The van der Waals surface area contributed by atoms with Crippen LogP contribution in [0.15, 0.2) is 0 Å². The third-order valence-corrected chi connectivity index (χ3v) is 1.86. The van der Waals surface area contributed by atoms with Crippen LogP contribution in [0.25, 0.3) is 0 Å². The van der Waals surface area contributed by atoms with Gasteiger partial charge in [0.05, 0.1) is 0 Å². The van der Waals surface area contributed by atoms with Crippen LogP contribution in [-0.2, 0) is 9.47 Å². The van der Waals surface area contributed by atoms with Crippen LogP contribution < -0.4 is 0 Å². The Hall–Kier alpha value is -0.0800. The number of ether oxygens (including phenoxy) is 2. The van der Waals surface area contributed by atoms with Gasteiger partial charge in [-0.25, -0.2) is 0 Å². The zero-order valence-electron chi connectivity index (χ0n) is 6.80. The lowest BCUT2D eigenvalue weighted by Crippen LogP contribution is -2.26. The van der Waals surface area contributed by atoms with Crippen LogP contribution in [0.3, 0.4) is 0 Å². The topological polar surface area (TPSA) is 18.5 Å². The molecule has 1 aliphatic heterocycles. The van der Waals surface area contributed by atoms with E-state index in [1.165, 1.54) is 6.42 Å². The molecule has 60 valence electrons. The normalized spacial score (nSPS) is 34.2. The maximum atomic E-state index is 5.37. The summed E-state index contributed by atoms with van der Waals surface area (Å²) < 4.78 is 10.7. The molecule has 0 aliphatic carbocycles. The van der Waals surface area contributed by atoms with Crippen LogP contribution in [0.4, 0.5) is 0 Å². The maximum absolute atomic E-state index is 5.37. The minimum atomic E-state index is 0.0775. The fourth-order valence-electron chi connectivity index (χ4n) is 1.22. The van der Waals surface area contributed by atoms with Crippen LogP contribution in [-0.4, -0.2) is 19.5 Å². The molecule has 1 rings (SSSR count). The first-order chi connectivity index (χ1) is 4.83. The third-order valence-electron chi connectivity index (χ3n) is 1.86. The molecule has 0 radical (unpaired) electrons. The van der Waals surface area contributed by atoms with Gasteiger partial charge in [0.25, 0.3) is 0 Å². The Morgan fingerprint density at radius 2 is 2.40 bits per heavy atom. The third kappa shape index (κ3) is 2.27. The second-order valence-electron chi connectivity index (χ2n) is 2.89. The van der Waals surface area contributed by atoms with Gasteiger partial charge in [0.15, 0.2) is 6.29 Å². The van der Waals surface area contributed by atoms with E-state index in [-0.39, 0.29) is 6.29 Å². The fraction of sp³-hybridized carbons (Fsp3) is 1.00. The first-order valence-corrected chi connectivity index (χ1v) is 4.06. The molecule has 10 heavy (non-hydrogen) atoms. The zero-order valence-corrected chi connectivity index (χ0v) is 6.80. The number of rotatable bonds is 2. The van der Waals surface area contributed by atoms with Crippen molar-refractivity contribution in [3.63, 3.8) is 0 Å². The Balaban J connectivity index is 2.18. The molecular weight excluding hydrogens is 128 g/mol. The Kier molecular flexibility index (Phi) is 3.16. The summed E-state index contributed by atoms with van der Waals surface area (Å²) in [6.07, 6.45) is 2.32. The lowest BCUT2D eigenvalue weighted by molar-refractivity contribution is -0.169. The summed E-state index contributed by atoms with van der Waals surface area (Å²) in [6, 6.07) is 0. The molecule has 0 aromatic heterocycles. The highest BCUT2D eigenvalue weighted by atomic mass is 16.7. The van der Waals surface area contributed by atoms with Gasteiger partial charge in [-0.15, -0.1) is 0 Å². The molecule has 0 amide bonds. The maximum Gasteiger partial charge on any atom is 0.157 e. The predicted octanol–water partition coefficient (Wildman–Crippen LogP) is 1.80. The van der Waals surface area contributed by atoms with E-state index < -0.39 is 0 Å². The summed E-state index contributed by atoms with van der Waals surface area (Å²) in [7, 11) is 0. The van der Waals surface area contributed by atoms with Crippen molar-refractivity contribution >= 4 is 0 Å². The van der Waals surface area contributed by atoms with Crippen LogP contribution in [0.5, 0.6) is 0 Å². The monoisotopic (exact) mass is 144 g/mol. The van der Waals surface area contributed by atoms with E-state index in [0.29, 0.717) is 0 Å². The van der Waals surface area contributed by atoms with Crippen molar-refractivity contribution in [1.82, 2.24) is 0 Å². The highest BCUT2D eigenvalue weighted by Crippen LogP contribution is 2.19. The molecule has 2 atom stereocenters. The van der Waals surface area contributed by atoms with E-state index in [9.17, 15) is 0 Å². The van der Waals surface area contributed by atoms with Gasteiger partial charge in [-0.05, 0) is 19.3 Å². The molecule has 0 spiro atoms. The zero-order chi connectivity index (χ0) is 7.40. The summed E-state index contributed by atoms with van der Waals surface area (Å²) in [4.78, 5) is 0. The van der Waals surface area contributed by atoms with Gasteiger partial charge in [0.2, 0.25) is 0 Å². The molecule has 1 fully saturated rings. The van der Waals surface area contributed by atoms with E-state index in [2.05, 4.69) is 6.92 Å². The van der Waals surface area contributed by atoms with Crippen molar-refractivity contribution in [1.29, 1.82) is 0 Å². The van der Waals surface area contributed by atoms with E-state index in [1.54, 1.807) is 0 Å². The van der Waals surface area contributed by atoms with Crippen LogP contribution in [0.1, 0.15) is 26.7 Å². The first kappa shape index (κ1) is 8.02. The van der Waals surface area contributed by atoms with Gasteiger partial charge in [-0.1, -0.05) is 6.92 Å². The summed E-state index contributed by atoms with van der Waals surface area (Å²) >= 11 is 0. The quantitative estimate of drug-likeness (QED) is 0.588. The lowest BCUT2D eigenvalue weighted by atomic mass is 10.0. The van der Waals surface area contributed by atoms with E-state index in [1.807, 2.05) is 6.92 Å². The molecule has 1 aliphatic rings. The van der Waals surface area contributed by atoms with Gasteiger partial charge in [0.1, 0.15) is 0 Å². The molecular formula is C8H16O2. The minimum absolute atomic E-state index is 0.0775. The molecule has 2 heteroatoms. The van der Waals surface area contributed by atoms with Crippen LogP contribution in [0, 0.1) is 5.92 Å². The second-order valence-corrected chi connectivity index (χ2v) is 2.89. The van der Waals surface area contributed by atoms with Crippen molar-refractivity contribution in [3.8, 4) is 0 Å². The Morgan fingerprint density at radius 1 is 1.60 bits per heavy atom. The standard InChI is InChI=1S/C8H16O2/c1-3-9-8-6-7(2)4-5-10-8/h7-8H,3-6H2,1-2H3/t7-,8+/m1/s1. The SMILES string of the molecule is CCO[C@@H]1C[C@H](C)CCO1. The van der Waals surface area contributed by atoms with Crippen LogP contribution in [0.2, 0.25) is 0 Å².